The average molecular weight is 292 g/mol. The Kier molecular flexibility index (Phi) is 3.54. The fraction of sp³-hybridized carbons (Fsp3) is 0.600. The van der Waals surface area contributed by atoms with E-state index in [4.69, 9.17) is 5.73 Å². The van der Waals surface area contributed by atoms with Gasteiger partial charge in [0.2, 0.25) is 5.91 Å². The lowest BCUT2D eigenvalue weighted by Crippen LogP contribution is -2.20. The summed E-state index contributed by atoms with van der Waals surface area (Å²) < 4.78 is 0. The van der Waals surface area contributed by atoms with Crippen LogP contribution in [0.2, 0.25) is 0 Å². The molecule has 1 saturated carbocycles. The van der Waals surface area contributed by atoms with Gasteiger partial charge in [0.1, 0.15) is 5.00 Å². The predicted molar refractivity (Wildman–Crippen MR) is 80.0 cm³/mol. The molecular formula is C15H20N2O2S. The van der Waals surface area contributed by atoms with Gasteiger partial charge in [-0.1, -0.05) is 13.3 Å². The highest BCUT2D eigenvalue weighted by molar-refractivity contribution is 7.17. The predicted octanol–water partition coefficient (Wildman–Crippen LogP) is 2.71. The van der Waals surface area contributed by atoms with Gasteiger partial charge in [0.25, 0.3) is 5.91 Å². The molecule has 3 rings (SSSR count). The second-order valence-corrected chi connectivity index (χ2v) is 6.96. The molecule has 0 radical (unpaired) electrons. The molecule has 1 fully saturated rings. The Bertz CT molecular complexity index is 560. The molecular weight excluding hydrogens is 272 g/mol. The van der Waals surface area contributed by atoms with Gasteiger partial charge < -0.3 is 11.1 Å². The Balaban J connectivity index is 1.91. The SMILES string of the molecule is CCC1CCc2c(sc(NC(=O)C3CC3)c2C(N)=O)C1. The van der Waals surface area contributed by atoms with E-state index in [2.05, 4.69) is 12.2 Å². The van der Waals surface area contributed by atoms with Crippen LogP contribution in [-0.2, 0) is 17.6 Å². The third-order valence-electron chi connectivity index (χ3n) is 4.38. The Labute approximate surface area is 122 Å². The molecule has 0 aromatic carbocycles. The van der Waals surface area contributed by atoms with Gasteiger partial charge in [-0.2, -0.15) is 0 Å². The summed E-state index contributed by atoms with van der Waals surface area (Å²) >= 11 is 1.55. The van der Waals surface area contributed by atoms with Crippen LogP contribution in [0, 0.1) is 11.8 Å². The lowest BCUT2D eigenvalue weighted by atomic mass is 9.85. The number of thiophene rings is 1. The van der Waals surface area contributed by atoms with Crippen LogP contribution in [0.3, 0.4) is 0 Å². The Morgan fingerprint density at radius 2 is 2.10 bits per heavy atom. The second-order valence-electron chi connectivity index (χ2n) is 5.85. The van der Waals surface area contributed by atoms with Crippen LogP contribution in [0.4, 0.5) is 5.00 Å². The normalized spacial score (nSPS) is 21.4. The summed E-state index contributed by atoms with van der Waals surface area (Å²) in [6.45, 7) is 2.20. The minimum Gasteiger partial charge on any atom is -0.365 e. The zero-order valence-electron chi connectivity index (χ0n) is 11.7. The molecule has 0 saturated heterocycles. The highest BCUT2D eigenvalue weighted by Crippen LogP contribution is 2.41. The number of carbonyl (C=O) groups excluding carboxylic acids is 2. The summed E-state index contributed by atoms with van der Waals surface area (Å²) in [7, 11) is 0. The second kappa shape index (κ2) is 5.20. The molecule has 3 N–H and O–H groups in total. The highest BCUT2D eigenvalue weighted by Gasteiger charge is 2.33. The maximum absolute atomic E-state index is 11.9. The van der Waals surface area contributed by atoms with Crippen LogP contribution in [0.15, 0.2) is 0 Å². The molecule has 1 atom stereocenters. The maximum atomic E-state index is 11.9. The van der Waals surface area contributed by atoms with E-state index in [1.54, 1.807) is 11.3 Å². The lowest BCUT2D eigenvalue weighted by molar-refractivity contribution is -0.117. The lowest BCUT2D eigenvalue weighted by Gasteiger charge is -2.20. The molecule has 1 aromatic rings. The number of anilines is 1. The summed E-state index contributed by atoms with van der Waals surface area (Å²) in [6, 6.07) is 0. The first-order chi connectivity index (χ1) is 9.60. The molecule has 2 aliphatic rings. The molecule has 4 nitrogen and oxygen atoms in total. The van der Waals surface area contributed by atoms with Gasteiger partial charge in [-0.3, -0.25) is 9.59 Å². The summed E-state index contributed by atoms with van der Waals surface area (Å²) in [5.74, 6) is 0.453. The van der Waals surface area contributed by atoms with Crippen molar-refractivity contribution in [3.8, 4) is 0 Å². The van der Waals surface area contributed by atoms with Gasteiger partial charge >= 0.3 is 0 Å². The molecule has 1 aromatic heterocycles. The van der Waals surface area contributed by atoms with Crippen molar-refractivity contribution in [1.82, 2.24) is 0 Å². The fourth-order valence-electron chi connectivity index (χ4n) is 2.91. The van der Waals surface area contributed by atoms with E-state index < -0.39 is 5.91 Å². The molecule has 5 heteroatoms. The molecule has 2 amide bonds. The monoisotopic (exact) mass is 292 g/mol. The van der Waals surface area contributed by atoms with Gasteiger partial charge in [-0.25, -0.2) is 0 Å². The summed E-state index contributed by atoms with van der Waals surface area (Å²) in [4.78, 5) is 24.9. The van der Waals surface area contributed by atoms with Crippen LogP contribution in [0.1, 0.15) is 53.4 Å². The number of rotatable bonds is 4. The van der Waals surface area contributed by atoms with Crippen molar-refractivity contribution in [3.63, 3.8) is 0 Å². The first kappa shape index (κ1) is 13.6. The Morgan fingerprint density at radius 1 is 1.35 bits per heavy atom. The summed E-state index contributed by atoms with van der Waals surface area (Å²) in [6.07, 6.45) is 6.10. The van der Waals surface area contributed by atoms with Gasteiger partial charge in [0.15, 0.2) is 0 Å². The van der Waals surface area contributed by atoms with Crippen molar-refractivity contribution in [2.24, 2.45) is 17.6 Å². The number of hydrogen-bond donors (Lipinski definition) is 2. The van der Waals surface area contributed by atoms with Crippen molar-refractivity contribution in [3.05, 3.63) is 16.0 Å². The number of amides is 2. The van der Waals surface area contributed by atoms with Crippen LogP contribution in [-0.4, -0.2) is 11.8 Å². The minimum absolute atomic E-state index is 0.0399. The topological polar surface area (TPSA) is 72.2 Å². The van der Waals surface area contributed by atoms with Crippen molar-refractivity contribution < 1.29 is 9.59 Å². The molecule has 20 heavy (non-hydrogen) atoms. The molecule has 0 bridgehead atoms. The molecule has 108 valence electrons. The molecule has 0 aliphatic heterocycles. The van der Waals surface area contributed by atoms with Crippen molar-refractivity contribution >= 4 is 28.2 Å². The zero-order chi connectivity index (χ0) is 14.3. The van der Waals surface area contributed by atoms with Crippen molar-refractivity contribution in [2.45, 2.75) is 45.4 Å². The number of carbonyl (C=O) groups is 2. The first-order valence-electron chi connectivity index (χ1n) is 7.35. The van der Waals surface area contributed by atoms with Crippen LogP contribution < -0.4 is 11.1 Å². The van der Waals surface area contributed by atoms with E-state index in [0.717, 1.165) is 44.1 Å². The van der Waals surface area contributed by atoms with Crippen molar-refractivity contribution in [2.75, 3.05) is 5.32 Å². The zero-order valence-corrected chi connectivity index (χ0v) is 12.5. The third-order valence-corrected chi connectivity index (χ3v) is 5.55. The molecule has 2 aliphatic carbocycles. The van der Waals surface area contributed by atoms with E-state index in [9.17, 15) is 9.59 Å². The molecule has 1 heterocycles. The van der Waals surface area contributed by atoms with Crippen LogP contribution in [0.5, 0.6) is 0 Å². The third kappa shape index (κ3) is 2.46. The Hall–Kier alpha value is -1.36. The highest BCUT2D eigenvalue weighted by atomic mass is 32.1. The number of nitrogens with two attached hydrogens (primary N) is 1. The minimum atomic E-state index is -0.413. The standard InChI is InChI=1S/C15H20N2O2S/c1-2-8-3-6-10-11(7-8)20-15(12(10)13(16)18)17-14(19)9-4-5-9/h8-9H,2-7H2,1H3,(H2,16,18)(H,17,19). The van der Waals surface area contributed by atoms with E-state index in [-0.39, 0.29) is 11.8 Å². The van der Waals surface area contributed by atoms with Gasteiger partial charge in [-0.05, 0) is 43.6 Å². The summed E-state index contributed by atoms with van der Waals surface area (Å²) in [5.41, 5.74) is 7.18. The quantitative estimate of drug-likeness (QED) is 0.895. The molecule has 0 spiro atoms. The Morgan fingerprint density at radius 3 is 2.70 bits per heavy atom. The fourth-order valence-corrected chi connectivity index (χ4v) is 4.28. The number of primary amides is 1. The van der Waals surface area contributed by atoms with Gasteiger partial charge in [0.05, 0.1) is 5.56 Å². The van der Waals surface area contributed by atoms with E-state index >= 15 is 0 Å². The van der Waals surface area contributed by atoms with Crippen molar-refractivity contribution in [1.29, 1.82) is 0 Å². The first-order valence-corrected chi connectivity index (χ1v) is 8.17. The number of fused-ring (bicyclic) bond motifs is 1. The van der Waals surface area contributed by atoms with Crippen LogP contribution >= 0.6 is 11.3 Å². The van der Waals surface area contributed by atoms with Crippen LogP contribution in [0.25, 0.3) is 0 Å². The largest absolute Gasteiger partial charge is 0.365 e. The van der Waals surface area contributed by atoms with Gasteiger partial charge in [0, 0.05) is 10.8 Å². The summed E-state index contributed by atoms with van der Waals surface area (Å²) in [5, 5.41) is 3.60. The number of hydrogen-bond acceptors (Lipinski definition) is 3. The maximum Gasteiger partial charge on any atom is 0.251 e. The van der Waals surface area contributed by atoms with E-state index in [0.29, 0.717) is 16.5 Å². The average Bonchev–Trinajstić information content (AvgIpc) is 3.19. The number of nitrogens with one attached hydrogen (secondary N) is 1. The van der Waals surface area contributed by atoms with E-state index in [1.807, 2.05) is 0 Å². The molecule has 1 unspecified atom stereocenters. The smallest absolute Gasteiger partial charge is 0.251 e. The van der Waals surface area contributed by atoms with Gasteiger partial charge in [-0.15, -0.1) is 11.3 Å². The van der Waals surface area contributed by atoms with E-state index in [1.165, 1.54) is 4.88 Å².